The molecule has 1 aliphatic carbocycles. The normalized spacial score (nSPS) is 15.1. The minimum atomic E-state index is 0.568. The second kappa shape index (κ2) is 7.59. The van der Waals surface area contributed by atoms with E-state index >= 15 is 0 Å². The minimum Gasteiger partial charge on any atom is -0.236 e. The Morgan fingerprint density at radius 2 is 1.57 bits per heavy atom. The summed E-state index contributed by atoms with van der Waals surface area (Å²) in [5.74, 6) is 0.568. The lowest BCUT2D eigenvalue weighted by molar-refractivity contribution is 0.431. The van der Waals surface area contributed by atoms with Crippen LogP contribution in [0.15, 0.2) is 73.1 Å². The maximum absolute atomic E-state index is 4.66. The molecule has 0 N–H and O–H groups in total. The molecule has 0 atom stereocenters. The lowest BCUT2D eigenvalue weighted by Crippen LogP contribution is -2.12. The molecular formula is C25H25N3. The summed E-state index contributed by atoms with van der Waals surface area (Å²) in [4.78, 5) is 4.66. The van der Waals surface area contributed by atoms with Crippen molar-refractivity contribution in [3.8, 4) is 11.1 Å². The van der Waals surface area contributed by atoms with Crippen LogP contribution in [-0.2, 0) is 6.42 Å². The van der Waals surface area contributed by atoms with Crippen LogP contribution in [0.25, 0.3) is 16.8 Å². The maximum Gasteiger partial charge on any atom is 0.155 e. The molecule has 3 heteroatoms. The maximum atomic E-state index is 4.66. The Hall–Kier alpha value is -2.94. The molecule has 3 nitrogen and oxygen atoms in total. The quantitative estimate of drug-likeness (QED) is 0.440. The number of rotatable bonds is 4. The molecule has 28 heavy (non-hydrogen) atoms. The molecule has 0 bridgehead atoms. The first-order chi connectivity index (χ1) is 13.9. The smallest absolute Gasteiger partial charge is 0.155 e. The molecule has 5 rings (SSSR count). The third kappa shape index (κ3) is 3.33. The van der Waals surface area contributed by atoms with Crippen LogP contribution < -0.4 is 0 Å². The number of hydrogen-bond donors (Lipinski definition) is 0. The van der Waals surface area contributed by atoms with E-state index in [0.29, 0.717) is 5.92 Å². The van der Waals surface area contributed by atoms with E-state index in [1.807, 2.05) is 18.5 Å². The summed E-state index contributed by atoms with van der Waals surface area (Å²) in [5, 5.41) is 4.61. The Morgan fingerprint density at radius 1 is 0.821 bits per heavy atom. The molecule has 2 aromatic heterocycles. The summed E-state index contributed by atoms with van der Waals surface area (Å²) in [6.45, 7) is 0. The van der Waals surface area contributed by atoms with Gasteiger partial charge < -0.3 is 0 Å². The molecule has 1 aliphatic rings. The lowest BCUT2D eigenvalue weighted by atomic mass is 9.84. The fourth-order valence-electron chi connectivity index (χ4n) is 4.52. The van der Waals surface area contributed by atoms with Crippen molar-refractivity contribution in [3.05, 3.63) is 89.9 Å². The van der Waals surface area contributed by atoms with E-state index in [-0.39, 0.29) is 0 Å². The Bertz CT molecular complexity index is 1060. The van der Waals surface area contributed by atoms with Crippen LogP contribution in [0.4, 0.5) is 0 Å². The topological polar surface area (TPSA) is 30.2 Å². The number of aromatic nitrogens is 3. The molecule has 2 heterocycles. The molecule has 0 spiro atoms. The molecule has 0 unspecified atom stereocenters. The van der Waals surface area contributed by atoms with Gasteiger partial charge in [-0.05, 0) is 36.0 Å². The second-order valence-corrected chi connectivity index (χ2v) is 7.85. The van der Waals surface area contributed by atoms with Gasteiger partial charge >= 0.3 is 0 Å². The first kappa shape index (κ1) is 17.2. The number of hydrogen-bond acceptors (Lipinski definition) is 2. The Kier molecular flexibility index (Phi) is 4.66. The zero-order valence-corrected chi connectivity index (χ0v) is 16.1. The van der Waals surface area contributed by atoms with E-state index < -0.39 is 0 Å². The highest BCUT2D eigenvalue weighted by Crippen LogP contribution is 2.38. The van der Waals surface area contributed by atoms with Gasteiger partial charge in [0, 0.05) is 23.7 Å². The van der Waals surface area contributed by atoms with Crippen LogP contribution in [-0.4, -0.2) is 14.6 Å². The third-order valence-electron chi connectivity index (χ3n) is 5.96. The van der Waals surface area contributed by atoms with Gasteiger partial charge in [-0.15, -0.1) is 0 Å². The summed E-state index contributed by atoms with van der Waals surface area (Å²) < 4.78 is 2.07. The predicted molar refractivity (Wildman–Crippen MR) is 113 cm³/mol. The van der Waals surface area contributed by atoms with Crippen molar-refractivity contribution >= 4 is 5.65 Å². The van der Waals surface area contributed by atoms with Gasteiger partial charge in [0.25, 0.3) is 0 Å². The Labute approximate surface area is 166 Å². The van der Waals surface area contributed by atoms with Gasteiger partial charge in [0.05, 0.1) is 11.9 Å². The average Bonchev–Trinajstić information content (AvgIpc) is 3.24. The van der Waals surface area contributed by atoms with Crippen LogP contribution in [0.1, 0.15) is 54.8 Å². The van der Waals surface area contributed by atoms with Gasteiger partial charge in [0.15, 0.2) is 5.65 Å². The van der Waals surface area contributed by atoms with Crippen molar-refractivity contribution in [1.82, 2.24) is 14.6 Å². The molecule has 2 aromatic carbocycles. The van der Waals surface area contributed by atoms with Crippen LogP contribution >= 0.6 is 0 Å². The van der Waals surface area contributed by atoms with Crippen molar-refractivity contribution in [1.29, 1.82) is 0 Å². The second-order valence-electron chi connectivity index (χ2n) is 7.85. The fraction of sp³-hybridized carbons (Fsp3) is 0.280. The van der Waals surface area contributed by atoms with E-state index in [2.05, 4.69) is 69.2 Å². The largest absolute Gasteiger partial charge is 0.236 e. The van der Waals surface area contributed by atoms with Crippen molar-refractivity contribution in [2.24, 2.45) is 0 Å². The lowest BCUT2D eigenvalue weighted by Gasteiger charge is -2.25. The standard InChI is InChI=1S/C25H25N3/c1-3-7-19(8-4-1)17-20-11-13-21(14-12-20)23-18-26-24-15-16-27-28(24)25(23)22-9-5-2-6-10-22/h1,3-4,7-8,11-16,18,22H,2,5-6,9-10,17H2. The number of fused-ring (bicyclic) bond motifs is 1. The van der Waals surface area contributed by atoms with Crippen molar-refractivity contribution in [2.75, 3.05) is 0 Å². The Morgan fingerprint density at radius 3 is 2.36 bits per heavy atom. The van der Waals surface area contributed by atoms with E-state index in [9.17, 15) is 0 Å². The minimum absolute atomic E-state index is 0.568. The summed E-state index contributed by atoms with van der Waals surface area (Å²) in [7, 11) is 0. The van der Waals surface area contributed by atoms with E-state index in [4.69, 9.17) is 0 Å². The molecular weight excluding hydrogens is 342 g/mol. The van der Waals surface area contributed by atoms with Crippen LogP contribution in [0.2, 0.25) is 0 Å². The van der Waals surface area contributed by atoms with Gasteiger partial charge in [-0.1, -0.05) is 73.9 Å². The van der Waals surface area contributed by atoms with Crippen LogP contribution in [0.5, 0.6) is 0 Å². The Balaban J connectivity index is 1.51. The van der Waals surface area contributed by atoms with Gasteiger partial charge in [-0.2, -0.15) is 5.10 Å². The summed E-state index contributed by atoms with van der Waals surface area (Å²) in [5.41, 5.74) is 7.44. The fourth-order valence-corrected chi connectivity index (χ4v) is 4.52. The zero-order valence-electron chi connectivity index (χ0n) is 16.1. The first-order valence-electron chi connectivity index (χ1n) is 10.3. The molecule has 140 valence electrons. The molecule has 0 amide bonds. The SMILES string of the molecule is c1ccc(Cc2ccc(-c3cnc4ccnn4c3C3CCCCC3)cc2)cc1. The molecule has 4 aromatic rings. The number of nitrogens with zero attached hydrogens (tertiary/aromatic N) is 3. The van der Waals surface area contributed by atoms with Gasteiger partial charge in [0.1, 0.15) is 0 Å². The van der Waals surface area contributed by atoms with Crippen molar-refractivity contribution in [2.45, 2.75) is 44.4 Å². The van der Waals surface area contributed by atoms with Gasteiger partial charge in [0.2, 0.25) is 0 Å². The van der Waals surface area contributed by atoms with E-state index in [1.54, 1.807) is 0 Å². The average molecular weight is 367 g/mol. The monoisotopic (exact) mass is 367 g/mol. The molecule has 0 radical (unpaired) electrons. The van der Waals surface area contributed by atoms with Crippen LogP contribution in [0.3, 0.4) is 0 Å². The molecule has 0 saturated heterocycles. The molecule has 1 saturated carbocycles. The summed E-state index contributed by atoms with van der Waals surface area (Å²) in [6.07, 6.45) is 11.3. The highest BCUT2D eigenvalue weighted by molar-refractivity contribution is 5.68. The third-order valence-corrected chi connectivity index (χ3v) is 5.96. The molecule has 0 aliphatic heterocycles. The van der Waals surface area contributed by atoms with Crippen molar-refractivity contribution < 1.29 is 0 Å². The zero-order chi connectivity index (χ0) is 18.8. The first-order valence-corrected chi connectivity index (χ1v) is 10.3. The highest BCUT2D eigenvalue weighted by Gasteiger charge is 2.23. The molecule has 1 fully saturated rings. The van der Waals surface area contributed by atoms with Crippen LogP contribution in [0, 0.1) is 0 Å². The van der Waals surface area contributed by atoms with E-state index in [1.165, 1.54) is 60.1 Å². The highest BCUT2D eigenvalue weighted by atomic mass is 15.2. The van der Waals surface area contributed by atoms with Gasteiger partial charge in [-0.3, -0.25) is 0 Å². The number of benzene rings is 2. The van der Waals surface area contributed by atoms with Gasteiger partial charge in [-0.25, -0.2) is 9.50 Å². The summed E-state index contributed by atoms with van der Waals surface area (Å²) >= 11 is 0. The van der Waals surface area contributed by atoms with E-state index in [0.717, 1.165) is 12.1 Å². The predicted octanol–water partition coefficient (Wildman–Crippen LogP) is 6.03. The van der Waals surface area contributed by atoms with Crippen molar-refractivity contribution in [3.63, 3.8) is 0 Å². The summed E-state index contributed by atoms with van der Waals surface area (Å²) in [6, 6.07) is 21.6.